The number of carbonyl (C=O) groups excluding carboxylic acids is 1. The van der Waals surface area contributed by atoms with Crippen LogP contribution in [-0.2, 0) is 11.2 Å². The minimum atomic E-state index is 0.0496. The molecule has 0 aliphatic carbocycles. The van der Waals surface area contributed by atoms with Crippen LogP contribution in [0.4, 0.5) is 0 Å². The maximum Gasteiger partial charge on any atom is 0.233 e. The molecule has 1 amide bonds. The summed E-state index contributed by atoms with van der Waals surface area (Å²) in [5, 5.41) is 0.0496. The molecule has 0 unspecified atom stereocenters. The summed E-state index contributed by atoms with van der Waals surface area (Å²) in [6.45, 7) is 0.665. The summed E-state index contributed by atoms with van der Waals surface area (Å²) in [7, 11) is 4.90. The highest BCUT2D eigenvalue weighted by Crippen LogP contribution is 2.39. The van der Waals surface area contributed by atoms with Gasteiger partial charge in [0.1, 0.15) is 11.1 Å². The molecule has 2 aromatic carbocycles. The van der Waals surface area contributed by atoms with Crippen molar-refractivity contribution in [2.24, 2.45) is 0 Å². The predicted octanol–water partition coefficient (Wildman–Crippen LogP) is 3.53. The number of benzene rings is 2. The van der Waals surface area contributed by atoms with Gasteiger partial charge in [-0.15, -0.1) is 11.8 Å². The summed E-state index contributed by atoms with van der Waals surface area (Å²) in [6, 6.07) is 13.8. The molecule has 0 aromatic heterocycles. The van der Waals surface area contributed by atoms with Crippen molar-refractivity contribution in [1.82, 2.24) is 4.90 Å². The van der Waals surface area contributed by atoms with Gasteiger partial charge in [0.15, 0.2) is 11.5 Å². The molecule has 0 bridgehead atoms. The van der Waals surface area contributed by atoms with E-state index < -0.39 is 0 Å². The fourth-order valence-electron chi connectivity index (χ4n) is 3.03. The molecular weight excluding hydrogens is 350 g/mol. The average Bonchev–Trinajstić information content (AvgIpc) is 3.06. The lowest BCUT2D eigenvalue weighted by molar-refractivity contribution is -0.128. The van der Waals surface area contributed by atoms with Gasteiger partial charge in [-0.25, -0.2) is 0 Å². The first-order valence-corrected chi connectivity index (χ1v) is 9.47. The van der Waals surface area contributed by atoms with Crippen LogP contribution in [0.25, 0.3) is 0 Å². The van der Waals surface area contributed by atoms with E-state index in [2.05, 4.69) is 0 Å². The smallest absolute Gasteiger partial charge is 0.233 e. The Labute approximate surface area is 158 Å². The molecule has 0 saturated carbocycles. The van der Waals surface area contributed by atoms with Gasteiger partial charge in [0, 0.05) is 6.54 Å². The van der Waals surface area contributed by atoms with Crippen molar-refractivity contribution in [3.8, 4) is 17.2 Å². The van der Waals surface area contributed by atoms with Gasteiger partial charge in [0.2, 0.25) is 5.91 Å². The highest BCUT2D eigenvalue weighted by molar-refractivity contribution is 8.00. The van der Waals surface area contributed by atoms with Crippen molar-refractivity contribution >= 4 is 17.7 Å². The third-order valence-corrected chi connectivity index (χ3v) is 5.71. The lowest BCUT2D eigenvalue weighted by Crippen LogP contribution is -2.30. The van der Waals surface area contributed by atoms with Crippen molar-refractivity contribution in [2.45, 2.75) is 11.8 Å². The van der Waals surface area contributed by atoms with Crippen molar-refractivity contribution < 1.29 is 19.0 Å². The first kappa shape index (κ1) is 18.5. The van der Waals surface area contributed by atoms with Crippen molar-refractivity contribution in [3.05, 3.63) is 53.6 Å². The average molecular weight is 373 g/mol. The van der Waals surface area contributed by atoms with Crippen LogP contribution in [0.1, 0.15) is 16.5 Å². The molecule has 26 heavy (non-hydrogen) atoms. The minimum absolute atomic E-state index is 0.0496. The zero-order valence-corrected chi connectivity index (χ0v) is 16.0. The van der Waals surface area contributed by atoms with Gasteiger partial charge in [-0.3, -0.25) is 4.79 Å². The Morgan fingerprint density at radius 2 is 1.73 bits per heavy atom. The van der Waals surface area contributed by atoms with E-state index in [1.165, 1.54) is 0 Å². The molecule has 1 aliphatic heterocycles. The van der Waals surface area contributed by atoms with Gasteiger partial charge in [-0.1, -0.05) is 18.2 Å². The molecule has 1 saturated heterocycles. The summed E-state index contributed by atoms with van der Waals surface area (Å²) >= 11 is 1.66. The number of hydrogen-bond donors (Lipinski definition) is 0. The van der Waals surface area contributed by atoms with E-state index in [9.17, 15) is 4.79 Å². The van der Waals surface area contributed by atoms with Gasteiger partial charge in [-0.2, -0.15) is 0 Å². The maximum atomic E-state index is 12.4. The third kappa shape index (κ3) is 3.90. The van der Waals surface area contributed by atoms with Crippen LogP contribution < -0.4 is 14.2 Å². The first-order chi connectivity index (χ1) is 12.7. The SMILES string of the molecule is COc1ccc([C@@H]2SCC(=O)N2CCc2ccc(OC)c(OC)c2)cc1. The molecule has 5 nitrogen and oxygen atoms in total. The van der Waals surface area contributed by atoms with Crippen LogP contribution in [0, 0.1) is 0 Å². The summed E-state index contributed by atoms with van der Waals surface area (Å²) in [5.74, 6) is 2.93. The number of hydrogen-bond acceptors (Lipinski definition) is 5. The van der Waals surface area contributed by atoms with Crippen molar-refractivity contribution in [1.29, 1.82) is 0 Å². The fourth-order valence-corrected chi connectivity index (χ4v) is 4.25. The maximum absolute atomic E-state index is 12.4. The lowest BCUT2D eigenvalue weighted by atomic mass is 10.1. The summed E-state index contributed by atoms with van der Waals surface area (Å²) < 4.78 is 15.9. The monoisotopic (exact) mass is 373 g/mol. The van der Waals surface area contributed by atoms with Gasteiger partial charge >= 0.3 is 0 Å². The number of ether oxygens (including phenoxy) is 3. The quantitative estimate of drug-likeness (QED) is 0.743. The Kier molecular flexibility index (Phi) is 5.93. The summed E-state index contributed by atoms with van der Waals surface area (Å²) in [5.41, 5.74) is 2.23. The van der Waals surface area contributed by atoms with E-state index >= 15 is 0 Å². The van der Waals surface area contributed by atoms with Crippen LogP contribution in [0.15, 0.2) is 42.5 Å². The molecule has 0 radical (unpaired) electrons. The molecule has 1 fully saturated rings. The number of nitrogens with zero attached hydrogens (tertiary/aromatic N) is 1. The van der Waals surface area contributed by atoms with E-state index in [1.54, 1.807) is 33.1 Å². The fraction of sp³-hybridized carbons (Fsp3) is 0.350. The highest BCUT2D eigenvalue weighted by Gasteiger charge is 2.32. The Bertz CT molecular complexity index is 763. The number of thioether (sulfide) groups is 1. The van der Waals surface area contributed by atoms with Gasteiger partial charge < -0.3 is 19.1 Å². The van der Waals surface area contributed by atoms with Crippen LogP contribution in [-0.4, -0.2) is 44.4 Å². The van der Waals surface area contributed by atoms with Crippen LogP contribution >= 0.6 is 11.8 Å². The molecule has 1 heterocycles. The summed E-state index contributed by atoms with van der Waals surface area (Å²) in [4.78, 5) is 14.3. The summed E-state index contributed by atoms with van der Waals surface area (Å²) in [6.07, 6.45) is 0.763. The van der Waals surface area contributed by atoms with Crippen molar-refractivity contribution in [2.75, 3.05) is 33.6 Å². The van der Waals surface area contributed by atoms with Gasteiger partial charge in [-0.05, 0) is 41.8 Å². The molecule has 138 valence electrons. The normalized spacial score (nSPS) is 16.7. The molecule has 3 rings (SSSR count). The van der Waals surface area contributed by atoms with E-state index in [-0.39, 0.29) is 11.3 Å². The second-order valence-electron chi connectivity index (χ2n) is 5.96. The Morgan fingerprint density at radius 3 is 2.38 bits per heavy atom. The Morgan fingerprint density at radius 1 is 1.00 bits per heavy atom. The Balaban J connectivity index is 1.71. The predicted molar refractivity (Wildman–Crippen MR) is 103 cm³/mol. The first-order valence-electron chi connectivity index (χ1n) is 8.42. The molecule has 0 spiro atoms. The molecule has 0 N–H and O–H groups in total. The molecule has 1 aliphatic rings. The van der Waals surface area contributed by atoms with Crippen molar-refractivity contribution in [3.63, 3.8) is 0 Å². The largest absolute Gasteiger partial charge is 0.497 e. The van der Waals surface area contributed by atoms with Crippen LogP contribution in [0.3, 0.4) is 0 Å². The second-order valence-corrected chi connectivity index (χ2v) is 7.03. The number of methoxy groups -OCH3 is 3. The number of rotatable bonds is 7. The highest BCUT2D eigenvalue weighted by atomic mass is 32.2. The second kappa shape index (κ2) is 8.36. The topological polar surface area (TPSA) is 48.0 Å². The number of amides is 1. The van der Waals surface area contributed by atoms with Crippen LogP contribution in [0.2, 0.25) is 0 Å². The van der Waals surface area contributed by atoms with E-state index in [4.69, 9.17) is 14.2 Å². The zero-order valence-electron chi connectivity index (χ0n) is 15.2. The lowest BCUT2D eigenvalue weighted by Gasteiger charge is -2.24. The molecule has 6 heteroatoms. The minimum Gasteiger partial charge on any atom is -0.497 e. The Hall–Kier alpha value is -2.34. The number of carbonyl (C=O) groups is 1. The molecular formula is C20H23NO4S. The van der Waals surface area contributed by atoms with E-state index in [0.29, 0.717) is 23.8 Å². The van der Waals surface area contributed by atoms with Crippen LogP contribution in [0.5, 0.6) is 17.2 Å². The van der Waals surface area contributed by atoms with E-state index in [1.807, 2.05) is 47.4 Å². The standard InChI is InChI=1S/C20H23NO4S/c1-23-16-7-5-15(6-8-16)20-21(19(22)13-26-20)11-10-14-4-9-17(24-2)18(12-14)25-3/h4-9,12,20H,10-11,13H2,1-3H3/t20-/m0/s1. The van der Waals surface area contributed by atoms with Gasteiger partial charge in [0.05, 0.1) is 27.1 Å². The van der Waals surface area contributed by atoms with E-state index in [0.717, 1.165) is 23.3 Å². The third-order valence-electron chi connectivity index (χ3n) is 4.46. The zero-order chi connectivity index (χ0) is 18.5. The van der Waals surface area contributed by atoms with Gasteiger partial charge in [0.25, 0.3) is 0 Å². The molecule has 2 aromatic rings. The molecule has 1 atom stereocenters.